The van der Waals surface area contributed by atoms with E-state index >= 15 is 0 Å². The third-order valence-corrected chi connectivity index (χ3v) is 5.43. The molecule has 0 aliphatic carbocycles. The van der Waals surface area contributed by atoms with E-state index in [9.17, 15) is 9.59 Å². The molecule has 0 bridgehead atoms. The molecular formula is C23H23N3O3. The van der Waals surface area contributed by atoms with Gasteiger partial charge in [-0.05, 0) is 23.8 Å². The zero-order valence-electron chi connectivity index (χ0n) is 16.7. The molecule has 6 heteroatoms. The molecule has 1 aliphatic heterocycles. The van der Waals surface area contributed by atoms with Crippen molar-refractivity contribution in [2.24, 2.45) is 5.41 Å². The van der Waals surface area contributed by atoms with Crippen LogP contribution in [0.5, 0.6) is 0 Å². The van der Waals surface area contributed by atoms with Gasteiger partial charge in [0.1, 0.15) is 5.69 Å². The summed E-state index contributed by atoms with van der Waals surface area (Å²) in [6, 6.07) is 17.0. The number of methoxy groups -OCH3 is 1. The van der Waals surface area contributed by atoms with E-state index in [1.54, 1.807) is 6.33 Å². The Kier molecular flexibility index (Phi) is 4.70. The lowest BCUT2D eigenvalue weighted by Gasteiger charge is -2.46. The smallest absolute Gasteiger partial charge is 0.356 e. The number of ether oxygens (including phenoxy) is 1. The Morgan fingerprint density at radius 3 is 2.48 bits per heavy atom. The second-order valence-corrected chi connectivity index (χ2v) is 7.88. The lowest BCUT2D eigenvalue weighted by atomic mass is 9.75. The van der Waals surface area contributed by atoms with Crippen molar-refractivity contribution in [3.8, 4) is 0 Å². The molecule has 0 radical (unpaired) electrons. The average molecular weight is 389 g/mol. The van der Waals surface area contributed by atoms with Gasteiger partial charge in [-0.25, -0.2) is 9.78 Å². The number of amides is 1. The molecule has 148 valence electrons. The Labute approximate surface area is 169 Å². The first-order chi connectivity index (χ1) is 13.9. The fourth-order valence-electron chi connectivity index (χ4n) is 4.18. The van der Waals surface area contributed by atoms with Crippen LogP contribution in [-0.4, -0.2) is 35.1 Å². The standard InChI is InChI=1S/C23H23N3O3/c1-23(2)14-25(21(27)16-9-5-4-6-10-16)18-12-8-7-11-17(18)20(23)26-15-24-13-19(26)22(28)29-3/h4-13,15,20H,14H2,1-3H3. The van der Waals surface area contributed by atoms with Crippen molar-refractivity contribution >= 4 is 17.6 Å². The zero-order chi connectivity index (χ0) is 20.6. The second-order valence-electron chi connectivity index (χ2n) is 7.88. The number of aromatic nitrogens is 2. The monoisotopic (exact) mass is 389 g/mol. The number of rotatable bonds is 3. The van der Waals surface area contributed by atoms with Crippen LogP contribution in [0.15, 0.2) is 67.1 Å². The number of benzene rings is 2. The number of carbonyl (C=O) groups is 2. The molecule has 0 N–H and O–H groups in total. The fraction of sp³-hybridized carbons (Fsp3) is 0.261. The minimum absolute atomic E-state index is 0.0385. The van der Waals surface area contributed by atoms with Crippen LogP contribution in [0.3, 0.4) is 0 Å². The number of hydrogen-bond acceptors (Lipinski definition) is 4. The van der Waals surface area contributed by atoms with Crippen molar-refractivity contribution < 1.29 is 14.3 Å². The van der Waals surface area contributed by atoms with Gasteiger partial charge in [0, 0.05) is 23.2 Å². The second kappa shape index (κ2) is 7.20. The van der Waals surface area contributed by atoms with Crippen LogP contribution in [0.1, 0.15) is 46.3 Å². The van der Waals surface area contributed by atoms with Crippen molar-refractivity contribution in [1.29, 1.82) is 0 Å². The summed E-state index contributed by atoms with van der Waals surface area (Å²) in [6.45, 7) is 4.70. The summed E-state index contributed by atoms with van der Waals surface area (Å²) in [6.07, 6.45) is 3.18. The highest BCUT2D eigenvalue weighted by molar-refractivity contribution is 6.07. The maximum absolute atomic E-state index is 13.3. The molecule has 6 nitrogen and oxygen atoms in total. The van der Waals surface area contributed by atoms with Crippen molar-refractivity contribution in [2.75, 3.05) is 18.6 Å². The number of fused-ring (bicyclic) bond motifs is 1. The molecule has 0 fully saturated rings. The topological polar surface area (TPSA) is 64.4 Å². The van der Waals surface area contributed by atoms with Crippen LogP contribution in [0.4, 0.5) is 5.69 Å². The van der Waals surface area contributed by atoms with E-state index in [-0.39, 0.29) is 17.4 Å². The van der Waals surface area contributed by atoms with Gasteiger partial charge < -0.3 is 14.2 Å². The Morgan fingerprint density at radius 2 is 1.76 bits per heavy atom. The van der Waals surface area contributed by atoms with Crippen molar-refractivity contribution in [2.45, 2.75) is 19.9 Å². The van der Waals surface area contributed by atoms with Gasteiger partial charge in [0.05, 0.1) is 25.7 Å². The van der Waals surface area contributed by atoms with Crippen LogP contribution in [-0.2, 0) is 4.74 Å². The van der Waals surface area contributed by atoms with E-state index in [0.717, 1.165) is 11.3 Å². The Morgan fingerprint density at radius 1 is 1.07 bits per heavy atom. The molecule has 1 unspecified atom stereocenters. The number of esters is 1. The molecule has 1 aromatic heterocycles. The van der Waals surface area contributed by atoms with Gasteiger partial charge in [-0.1, -0.05) is 50.2 Å². The van der Waals surface area contributed by atoms with Gasteiger partial charge in [0.2, 0.25) is 0 Å². The van der Waals surface area contributed by atoms with Gasteiger partial charge in [-0.3, -0.25) is 4.79 Å². The van der Waals surface area contributed by atoms with E-state index in [2.05, 4.69) is 18.8 Å². The van der Waals surface area contributed by atoms with E-state index < -0.39 is 5.97 Å². The number of hydrogen-bond donors (Lipinski definition) is 0. The van der Waals surface area contributed by atoms with Crippen LogP contribution in [0, 0.1) is 5.41 Å². The quantitative estimate of drug-likeness (QED) is 0.637. The van der Waals surface area contributed by atoms with Gasteiger partial charge >= 0.3 is 5.97 Å². The number of para-hydroxylation sites is 1. The molecule has 1 atom stereocenters. The van der Waals surface area contributed by atoms with E-state index in [1.165, 1.54) is 13.3 Å². The van der Waals surface area contributed by atoms with Crippen molar-refractivity contribution in [3.63, 3.8) is 0 Å². The molecule has 3 aromatic rings. The van der Waals surface area contributed by atoms with Crippen LogP contribution >= 0.6 is 0 Å². The largest absolute Gasteiger partial charge is 0.464 e. The number of nitrogens with zero attached hydrogens (tertiary/aromatic N) is 3. The SMILES string of the molecule is COC(=O)c1cncn1C1c2ccccc2N(C(=O)c2ccccc2)CC1(C)C. The Balaban J connectivity index is 1.84. The molecule has 2 aromatic carbocycles. The van der Waals surface area contributed by atoms with Gasteiger partial charge in [-0.2, -0.15) is 0 Å². The molecule has 1 amide bonds. The molecule has 0 spiro atoms. The van der Waals surface area contributed by atoms with Crippen LogP contribution in [0.25, 0.3) is 0 Å². The molecular weight excluding hydrogens is 366 g/mol. The average Bonchev–Trinajstić information content (AvgIpc) is 3.21. The van der Waals surface area contributed by atoms with Gasteiger partial charge in [0.25, 0.3) is 5.91 Å². The number of imidazole rings is 1. The highest BCUT2D eigenvalue weighted by atomic mass is 16.5. The van der Waals surface area contributed by atoms with E-state index in [1.807, 2.05) is 64.1 Å². The van der Waals surface area contributed by atoms with Crippen LogP contribution in [0.2, 0.25) is 0 Å². The predicted molar refractivity (Wildman–Crippen MR) is 110 cm³/mol. The third-order valence-electron chi connectivity index (χ3n) is 5.43. The Bertz CT molecular complexity index is 1060. The minimum Gasteiger partial charge on any atom is -0.464 e. The first-order valence-electron chi connectivity index (χ1n) is 9.50. The maximum Gasteiger partial charge on any atom is 0.356 e. The fourth-order valence-corrected chi connectivity index (χ4v) is 4.18. The van der Waals surface area contributed by atoms with E-state index in [0.29, 0.717) is 17.8 Å². The molecule has 29 heavy (non-hydrogen) atoms. The number of anilines is 1. The summed E-state index contributed by atoms with van der Waals surface area (Å²) in [7, 11) is 1.36. The maximum atomic E-state index is 13.3. The van der Waals surface area contributed by atoms with Crippen molar-refractivity contribution in [3.05, 3.63) is 83.9 Å². The van der Waals surface area contributed by atoms with Crippen LogP contribution < -0.4 is 4.90 Å². The molecule has 2 heterocycles. The van der Waals surface area contributed by atoms with E-state index in [4.69, 9.17) is 4.74 Å². The van der Waals surface area contributed by atoms with Gasteiger partial charge in [0.15, 0.2) is 0 Å². The lowest BCUT2D eigenvalue weighted by molar-refractivity contribution is 0.0581. The molecule has 0 saturated heterocycles. The lowest BCUT2D eigenvalue weighted by Crippen LogP contribution is -2.48. The summed E-state index contributed by atoms with van der Waals surface area (Å²) in [5.74, 6) is -0.470. The first-order valence-corrected chi connectivity index (χ1v) is 9.50. The third kappa shape index (κ3) is 3.20. The minimum atomic E-state index is -0.432. The first kappa shape index (κ1) is 18.9. The molecule has 0 saturated carbocycles. The number of carbonyl (C=O) groups excluding carboxylic acids is 2. The molecule has 4 rings (SSSR count). The Hall–Kier alpha value is -3.41. The summed E-state index contributed by atoms with van der Waals surface area (Å²) >= 11 is 0. The predicted octanol–water partition coefficient (Wildman–Crippen LogP) is 3.95. The summed E-state index contributed by atoms with van der Waals surface area (Å²) in [5, 5.41) is 0. The van der Waals surface area contributed by atoms with Gasteiger partial charge in [-0.15, -0.1) is 0 Å². The zero-order valence-corrected chi connectivity index (χ0v) is 16.7. The summed E-state index contributed by atoms with van der Waals surface area (Å²) < 4.78 is 6.79. The highest BCUT2D eigenvalue weighted by Gasteiger charge is 2.43. The summed E-state index contributed by atoms with van der Waals surface area (Å²) in [4.78, 5) is 31.6. The van der Waals surface area contributed by atoms with Crippen molar-refractivity contribution in [1.82, 2.24) is 9.55 Å². The normalized spacial score (nSPS) is 17.5. The highest BCUT2D eigenvalue weighted by Crippen LogP contribution is 2.47. The molecule has 1 aliphatic rings. The summed E-state index contributed by atoms with van der Waals surface area (Å²) in [5.41, 5.74) is 2.49.